The Balaban J connectivity index is 1.52. The molecule has 2 heterocycles. The van der Waals surface area contributed by atoms with Crippen molar-refractivity contribution >= 4 is 11.3 Å². The van der Waals surface area contributed by atoms with Crippen LogP contribution in [0.15, 0.2) is 48.5 Å². The molecule has 2 aromatic carbocycles. The molecule has 4 rings (SSSR count). The van der Waals surface area contributed by atoms with Crippen LogP contribution in [0.25, 0.3) is 10.6 Å². The minimum atomic E-state index is -0.237. The van der Waals surface area contributed by atoms with Crippen LogP contribution in [0.5, 0.6) is 0 Å². The van der Waals surface area contributed by atoms with Gasteiger partial charge in [-0.3, -0.25) is 4.90 Å². The summed E-state index contributed by atoms with van der Waals surface area (Å²) >= 11 is 1.63. The second-order valence-electron chi connectivity index (χ2n) is 5.99. The molecule has 24 heavy (non-hydrogen) atoms. The monoisotopic (exact) mass is 342 g/mol. The zero-order chi connectivity index (χ0) is 16.5. The van der Waals surface area contributed by atoms with Crippen molar-refractivity contribution in [2.75, 3.05) is 6.54 Å². The number of rotatable bonds is 3. The number of hydrogen-bond donors (Lipinski definition) is 0. The fourth-order valence-electron chi connectivity index (χ4n) is 2.98. The highest BCUT2D eigenvalue weighted by atomic mass is 32.1. The molecule has 1 aromatic heterocycles. The Labute approximate surface area is 143 Å². The molecule has 0 atom stereocenters. The van der Waals surface area contributed by atoms with Crippen molar-refractivity contribution in [1.29, 1.82) is 0 Å². The summed E-state index contributed by atoms with van der Waals surface area (Å²) < 4.78 is 26.4. The maximum absolute atomic E-state index is 13.4. The van der Waals surface area contributed by atoms with E-state index in [1.54, 1.807) is 17.4 Å². The van der Waals surface area contributed by atoms with Crippen molar-refractivity contribution in [1.82, 2.24) is 9.88 Å². The first-order valence-electron chi connectivity index (χ1n) is 7.89. The number of halogens is 2. The third-order valence-corrected chi connectivity index (χ3v) is 5.33. The lowest BCUT2D eigenvalue weighted by molar-refractivity contribution is 0.247. The normalized spacial score (nSPS) is 14.6. The topological polar surface area (TPSA) is 16.1 Å². The predicted octanol–water partition coefficient (Wildman–Crippen LogP) is 4.65. The molecule has 0 fully saturated rings. The number of nitrogens with zero attached hydrogens (tertiary/aromatic N) is 2. The first-order valence-corrected chi connectivity index (χ1v) is 8.70. The number of thiazole rings is 1. The predicted molar refractivity (Wildman–Crippen MR) is 91.7 cm³/mol. The molecular weight excluding hydrogens is 326 g/mol. The van der Waals surface area contributed by atoms with Gasteiger partial charge in [0.05, 0.1) is 5.69 Å². The molecule has 0 spiro atoms. The second kappa shape index (κ2) is 6.42. The lowest BCUT2D eigenvalue weighted by Gasteiger charge is -2.25. The number of benzene rings is 2. The standard InChI is InChI=1S/C19H16F2N2S/c20-15-6-4-13(5-7-15)11-23-9-8-17-18(12-23)24-19(22-17)14-2-1-3-16(21)10-14/h1-7,10H,8-9,11-12H2. The van der Waals surface area contributed by atoms with Crippen LogP contribution in [0.2, 0.25) is 0 Å². The summed E-state index contributed by atoms with van der Waals surface area (Å²) in [5.74, 6) is -0.444. The fraction of sp³-hybridized carbons (Fsp3) is 0.211. The van der Waals surface area contributed by atoms with Gasteiger partial charge in [-0.25, -0.2) is 13.8 Å². The highest BCUT2D eigenvalue weighted by Gasteiger charge is 2.21. The van der Waals surface area contributed by atoms with Gasteiger partial charge in [-0.1, -0.05) is 24.3 Å². The third kappa shape index (κ3) is 3.23. The van der Waals surface area contributed by atoms with Crippen LogP contribution in [0.4, 0.5) is 8.78 Å². The Bertz CT molecular complexity index is 858. The summed E-state index contributed by atoms with van der Waals surface area (Å²) in [6.45, 7) is 2.56. The van der Waals surface area contributed by atoms with Gasteiger partial charge in [0.15, 0.2) is 0 Å². The van der Waals surface area contributed by atoms with E-state index in [1.807, 2.05) is 18.2 Å². The summed E-state index contributed by atoms with van der Waals surface area (Å²) in [7, 11) is 0. The van der Waals surface area contributed by atoms with Gasteiger partial charge < -0.3 is 0 Å². The Hall–Kier alpha value is -2.11. The molecule has 0 radical (unpaired) electrons. The molecular formula is C19H16F2N2S. The molecule has 2 nitrogen and oxygen atoms in total. The molecule has 0 unspecified atom stereocenters. The van der Waals surface area contributed by atoms with Gasteiger partial charge in [-0.2, -0.15) is 0 Å². The van der Waals surface area contributed by atoms with E-state index in [0.29, 0.717) is 0 Å². The van der Waals surface area contributed by atoms with Gasteiger partial charge in [0, 0.05) is 36.5 Å². The van der Waals surface area contributed by atoms with E-state index in [9.17, 15) is 8.78 Å². The van der Waals surface area contributed by atoms with Crippen molar-refractivity contribution in [3.8, 4) is 10.6 Å². The van der Waals surface area contributed by atoms with Crippen LogP contribution in [0.1, 0.15) is 16.1 Å². The Kier molecular flexibility index (Phi) is 4.12. The second-order valence-corrected chi connectivity index (χ2v) is 7.07. The van der Waals surface area contributed by atoms with Gasteiger partial charge in [0.1, 0.15) is 16.6 Å². The Morgan fingerprint density at radius 2 is 1.88 bits per heavy atom. The van der Waals surface area contributed by atoms with E-state index in [-0.39, 0.29) is 11.6 Å². The molecule has 5 heteroatoms. The smallest absolute Gasteiger partial charge is 0.124 e. The molecule has 0 N–H and O–H groups in total. The lowest BCUT2D eigenvalue weighted by Crippen LogP contribution is -2.29. The molecule has 0 saturated heterocycles. The third-order valence-electron chi connectivity index (χ3n) is 4.20. The maximum atomic E-state index is 13.4. The molecule has 0 bridgehead atoms. The van der Waals surface area contributed by atoms with Crippen LogP contribution >= 0.6 is 11.3 Å². The zero-order valence-corrected chi connectivity index (χ0v) is 13.8. The van der Waals surface area contributed by atoms with Gasteiger partial charge in [0.25, 0.3) is 0 Å². The average molecular weight is 342 g/mol. The van der Waals surface area contributed by atoms with Crippen molar-refractivity contribution < 1.29 is 8.78 Å². The molecule has 1 aliphatic rings. The molecule has 122 valence electrons. The summed E-state index contributed by atoms with van der Waals surface area (Å²) in [5.41, 5.74) is 3.06. The van der Waals surface area contributed by atoms with Crippen LogP contribution in [0, 0.1) is 11.6 Å². The van der Waals surface area contributed by atoms with Gasteiger partial charge in [0.2, 0.25) is 0 Å². The molecule has 0 amide bonds. The number of aromatic nitrogens is 1. The highest BCUT2D eigenvalue weighted by molar-refractivity contribution is 7.15. The van der Waals surface area contributed by atoms with Crippen molar-refractivity contribution in [2.45, 2.75) is 19.5 Å². The molecule has 1 aliphatic heterocycles. The van der Waals surface area contributed by atoms with E-state index in [4.69, 9.17) is 4.98 Å². The van der Waals surface area contributed by atoms with Gasteiger partial charge >= 0.3 is 0 Å². The van der Waals surface area contributed by atoms with Crippen LogP contribution < -0.4 is 0 Å². The minimum absolute atomic E-state index is 0.207. The van der Waals surface area contributed by atoms with E-state index in [0.717, 1.165) is 47.9 Å². The van der Waals surface area contributed by atoms with Gasteiger partial charge in [-0.05, 0) is 29.8 Å². The highest BCUT2D eigenvalue weighted by Crippen LogP contribution is 2.32. The largest absolute Gasteiger partial charge is 0.294 e. The van der Waals surface area contributed by atoms with Gasteiger partial charge in [-0.15, -0.1) is 11.3 Å². The zero-order valence-electron chi connectivity index (χ0n) is 13.0. The summed E-state index contributed by atoms with van der Waals surface area (Å²) in [6, 6.07) is 13.2. The fourth-order valence-corrected chi connectivity index (χ4v) is 4.12. The molecule has 0 aliphatic carbocycles. The van der Waals surface area contributed by atoms with E-state index in [1.165, 1.54) is 29.1 Å². The quantitative estimate of drug-likeness (QED) is 0.689. The Morgan fingerprint density at radius 1 is 1.04 bits per heavy atom. The minimum Gasteiger partial charge on any atom is -0.294 e. The van der Waals surface area contributed by atoms with Crippen molar-refractivity contribution in [2.24, 2.45) is 0 Å². The van der Waals surface area contributed by atoms with Crippen molar-refractivity contribution in [3.63, 3.8) is 0 Å². The SMILES string of the molecule is Fc1ccc(CN2CCc3nc(-c4cccc(F)c4)sc3C2)cc1. The summed E-state index contributed by atoms with van der Waals surface area (Å²) in [6.07, 6.45) is 0.891. The van der Waals surface area contributed by atoms with E-state index < -0.39 is 0 Å². The summed E-state index contributed by atoms with van der Waals surface area (Å²) in [5, 5.41) is 0.878. The summed E-state index contributed by atoms with van der Waals surface area (Å²) in [4.78, 5) is 8.27. The van der Waals surface area contributed by atoms with Crippen molar-refractivity contribution in [3.05, 3.63) is 76.3 Å². The number of hydrogen-bond acceptors (Lipinski definition) is 3. The van der Waals surface area contributed by atoms with E-state index >= 15 is 0 Å². The van der Waals surface area contributed by atoms with Crippen LogP contribution in [0.3, 0.4) is 0 Å². The maximum Gasteiger partial charge on any atom is 0.124 e. The first-order chi connectivity index (χ1) is 11.7. The average Bonchev–Trinajstić information content (AvgIpc) is 3.00. The van der Waals surface area contributed by atoms with E-state index in [2.05, 4.69) is 4.90 Å². The van der Waals surface area contributed by atoms with Crippen LogP contribution in [-0.2, 0) is 19.5 Å². The molecule has 0 saturated carbocycles. The number of fused-ring (bicyclic) bond motifs is 1. The first kappa shape index (κ1) is 15.4. The Morgan fingerprint density at radius 3 is 2.67 bits per heavy atom. The van der Waals surface area contributed by atoms with Crippen LogP contribution in [-0.4, -0.2) is 16.4 Å². The lowest BCUT2D eigenvalue weighted by atomic mass is 10.1. The molecule has 3 aromatic rings.